The van der Waals surface area contributed by atoms with Crippen LogP contribution in [0.15, 0.2) is 30.3 Å². The van der Waals surface area contributed by atoms with Crippen LogP contribution in [0.2, 0.25) is 0 Å². The molecule has 0 aromatic heterocycles. The standard InChI is InChI=1S/C19H27N3O2/c1-14(2)18(19(24)22-13-7-11-16(22)20)21-17(23)12-6-10-15-8-4-3-5-9-15/h3-5,8-9,14,18,20H,6-7,10-13H2,1-2H3,(H,21,23)/t18-/m0/s1. The zero-order valence-corrected chi connectivity index (χ0v) is 14.5. The number of likely N-dealkylation sites (tertiary alicyclic amines) is 1. The Morgan fingerprint density at radius 3 is 2.54 bits per heavy atom. The average molecular weight is 329 g/mol. The molecule has 5 nitrogen and oxygen atoms in total. The first-order chi connectivity index (χ1) is 11.5. The fourth-order valence-corrected chi connectivity index (χ4v) is 2.94. The Labute approximate surface area is 143 Å². The second-order valence-corrected chi connectivity index (χ2v) is 6.67. The first kappa shape index (κ1) is 18.2. The van der Waals surface area contributed by atoms with E-state index in [9.17, 15) is 9.59 Å². The number of carbonyl (C=O) groups is 2. The van der Waals surface area contributed by atoms with Gasteiger partial charge in [0.1, 0.15) is 11.9 Å². The van der Waals surface area contributed by atoms with Gasteiger partial charge in [-0.1, -0.05) is 44.2 Å². The molecule has 2 rings (SSSR count). The molecule has 1 aliphatic heterocycles. The molecule has 130 valence electrons. The minimum atomic E-state index is -0.548. The third-order valence-corrected chi connectivity index (χ3v) is 4.35. The van der Waals surface area contributed by atoms with Crippen molar-refractivity contribution in [1.29, 1.82) is 5.41 Å². The lowest BCUT2D eigenvalue weighted by atomic mass is 10.0. The lowest BCUT2D eigenvalue weighted by molar-refractivity contribution is -0.134. The summed E-state index contributed by atoms with van der Waals surface area (Å²) >= 11 is 0. The molecule has 1 fully saturated rings. The molecule has 1 aliphatic rings. The summed E-state index contributed by atoms with van der Waals surface area (Å²) in [4.78, 5) is 26.3. The van der Waals surface area contributed by atoms with Crippen LogP contribution in [0, 0.1) is 11.3 Å². The normalized spacial score (nSPS) is 15.6. The molecule has 1 atom stereocenters. The van der Waals surface area contributed by atoms with Gasteiger partial charge in [0.05, 0.1) is 0 Å². The highest BCUT2D eigenvalue weighted by Crippen LogP contribution is 2.15. The molecule has 0 aliphatic carbocycles. The lowest BCUT2D eigenvalue weighted by Crippen LogP contribution is -2.51. The number of hydrogen-bond donors (Lipinski definition) is 2. The van der Waals surface area contributed by atoms with Gasteiger partial charge in [-0.2, -0.15) is 0 Å². The van der Waals surface area contributed by atoms with Gasteiger partial charge in [0, 0.05) is 19.4 Å². The molecular formula is C19H27N3O2. The summed E-state index contributed by atoms with van der Waals surface area (Å²) in [6, 6.07) is 9.52. The number of amidine groups is 1. The van der Waals surface area contributed by atoms with Crippen molar-refractivity contribution in [2.45, 2.75) is 52.0 Å². The van der Waals surface area contributed by atoms with Crippen LogP contribution in [0.1, 0.15) is 45.1 Å². The molecule has 5 heteroatoms. The van der Waals surface area contributed by atoms with Gasteiger partial charge in [0.15, 0.2) is 0 Å². The Bertz CT molecular complexity index is 584. The van der Waals surface area contributed by atoms with Crippen LogP contribution in [0.5, 0.6) is 0 Å². The second-order valence-electron chi connectivity index (χ2n) is 6.67. The summed E-state index contributed by atoms with van der Waals surface area (Å²) in [6.45, 7) is 4.43. The van der Waals surface area contributed by atoms with Gasteiger partial charge >= 0.3 is 0 Å². The van der Waals surface area contributed by atoms with Crippen molar-refractivity contribution in [3.05, 3.63) is 35.9 Å². The van der Waals surface area contributed by atoms with Gasteiger partial charge < -0.3 is 5.32 Å². The second kappa shape index (κ2) is 8.62. The Hall–Kier alpha value is -2.17. The highest BCUT2D eigenvalue weighted by Gasteiger charge is 2.32. The van der Waals surface area contributed by atoms with Gasteiger partial charge in [0.25, 0.3) is 5.91 Å². The number of rotatable bonds is 7. The Kier molecular flexibility index (Phi) is 6.53. The first-order valence-electron chi connectivity index (χ1n) is 8.71. The summed E-state index contributed by atoms with van der Waals surface area (Å²) in [5, 5.41) is 10.7. The van der Waals surface area contributed by atoms with Crippen LogP contribution in [0.25, 0.3) is 0 Å². The highest BCUT2D eigenvalue weighted by molar-refractivity contribution is 6.01. The molecule has 24 heavy (non-hydrogen) atoms. The van der Waals surface area contributed by atoms with E-state index >= 15 is 0 Å². The quantitative estimate of drug-likeness (QED) is 0.807. The largest absolute Gasteiger partial charge is 0.344 e. The number of aryl methyl sites for hydroxylation is 1. The van der Waals surface area contributed by atoms with E-state index in [1.807, 2.05) is 32.0 Å². The van der Waals surface area contributed by atoms with Crippen molar-refractivity contribution < 1.29 is 9.59 Å². The van der Waals surface area contributed by atoms with E-state index in [1.165, 1.54) is 10.5 Å². The molecule has 1 aromatic carbocycles. The van der Waals surface area contributed by atoms with Crippen LogP contribution in [-0.4, -0.2) is 35.1 Å². The maximum atomic E-state index is 12.6. The number of nitrogens with zero attached hydrogens (tertiary/aromatic N) is 1. The minimum Gasteiger partial charge on any atom is -0.344 e. The van der Waals surface area contributed by atoms with Crippen molar-refractivity contribution >= 4 is 17.6 Å². The minimum absolute atomic E-state index is 0.00368. The third-order valence-electron chi connectivity index (χ3n) is 4.35. The van der Waals surface area contributed by atoms with Gasteiger partial charge in [-0.15, -0.1) is 0 Å². The fourth-order valence-electron chi connectivity index (χ4n) is 2.94. The summed E-state index contributed by atoms with van der Waals surface area (Å²) in [7, 11) is 0. The molecule has 0 spiro atoms. The van der Waals surface area contributed by atoms with E-state index in [-0.39, 0.29) is 17.7 Å². The molecule has 0 saturated carbocycles. The Morgan fingerprint density at radius 2 is 1.96 bits per heavy atom. The van der Waals surface area contributed by atoms with Gasteiger partial charge in [-0.05, 0) is 30.7 Å². The Morgan fingerprint density at radius 1 is 1.25 bits per heavy atom. The maximum absolute atomic E-state index is 12.6. The molecule has 1 heterocycles. The van der Waals surface area contributed by atoms with E-state index in [4.69, 9.17) is 5.41 Å². The SMILES string of the molecule is CC(C)[C@H](NC(=O)CCCc1ccccc1)C(=O)N1CCCC1=N. The van der Waals surface area contributed by atoms with Gasteiger partial charge in [-0.25, -0.2) is 0 Å². The van der Waals surface area contributed by atoms with Crippen molar-refractivity contribution in [1.82, 2.24) is 10.2 Å². The predicted octanol–water partition coefficient (Wildman–Crippen LogP) is 2.75. The van der Waals surface area contributed by atoms with Crippen LogP contribution < -0.4 is 5.32 Å². The number of nitrogens with one attached hydrogen (secondary N) is 2. The van der Waals surface area contributed by atoms with Crippen molar-refractivity contribution in [3.8, 4) is 0 Å². The van der Waals surface area contributed by atoms with E-state index in [0.29, 0.717) is 25.2 Å². The molecular weight excluding hydrogens is 302 g/mol. The highest BCUT2D eigenvalue weighted by atomic mass is 16.2. The van der Waals surface area contributed by atoms with Crippen LogP contribution in [-0.2, 0) is 16.0 Å². The smallest absolute Gasteiger partial charge is 0.250 e. The van der Waals surface area contributed by atoms with Gasteiger partial charge in [0.2, 0.25) is 5.91 Å². The molecule has 1 saturated heterocycles. The fraction of sp³-hybridized carbons (Fsp3) is 0.526. The summed E-state index contributed by atoms with van der Waals surface area (Å²) in [5.74, 6) is 0.126. The van der Waals surface area contributed by atoms with E-state index in [1.54, 1.807) is 0 Å². The molecule has 1 aromatic rings. The van der Waals surface area contributed by atoms with E-state index in [2.05, 4.69) is 17.4 Å². The average Bonchev–Trinajstić information content (AvgIpc) is 2.99. The number of carbonyl (C=O) groups excluding carboxylic acids is 2. The monoisotopic (exact) mass is 329 g/mol. The lowest BCUT2D eigenvalue weighted by Gasteiger charge is -2.26. The third kappa shape index (κ3) is 4.91. The maximum Gasteiger partial charge on any atom is 0.250 e. The van der Waals surface area contributed by atoms with Crippen LogP contribution >= 0.6 is 0 Å². The Balaban J connectivity index is 1.84. The topological polar surface area (TPSA) is 73.3 Å². The molecule has 0 bridgehead atoms. The summed E-state index contributed by atoms with van der Waals surface area (Å²) in [6.07, 6.45) is 3.49. The van der Waals surface area contributed by atoms with E-state index < -0.39 is 6.04 Å². The predicted molar refractivity (Wildman–Crippen MR) is 94.8 cm³/mol. The summed E-state index contributed by atoms with van der Waals surface area (Å²) in [5.41, 5.74) is 1.22. The van der Waals surface area contributed by atoms with Crippen molar-refractivity contribution in [3.63, 3.8) is 0 Å². The zero-order chi connectivity index (χ0) is 17.5. The molecule has 0 radical (unpaired) electrons. The van der Waals surface area contributed by atoms with Crippen molar-refractivity contribution in [2.24, 2.45) is 5.92 Å². The van der Waals surface area contributed by atoms with Crippen molar-refractivity contribution in [2.75, 3.05) is 6.54 Å². The number of hydrogen-bond acceptors (Lipinski definition) is 3. The van der Waals surface area contributed by atoms with Gasteiger partial charge in [-0.3, -0.25) is 19.9 Å². The summed E-state index contributed by atoms with van der Waals surface area (Å²) < 4.78 is 0. The van der Waals surface area contributed by atoms with Crippen LogP contribution in [0.4, 0.5) is 0 Å². The number of benzene rings is 1. The molecule has 0 unspecified atom stereocenters. The first-order valence-corrected chi connectivity index (χ1v) is 8.71. The molecule has 2 N–H and O–H groups in total. The molecule has 2 amide bonds. The van der Waals surface area contributed by atoms with E-state index in [0.717, 1.165) is 19.3 Å². The van der Waals surface area contributed by atoms with Crippen LogP contribution in [0.3, 0.4) is 0 Å². The zero-order valence-electron chi connectivity index (χ0n) is 14.5. The number of amides is 2.